The molecule has 0 radical (unpaired) electrons. The molecular weight excluding hydrogens is 264 g/mol. The van der Waals surface area contributed by atoms with Crippen molar-refractivity contribution in [3.8, 4) is 0 Å². The Kier molecular flexibility index (Phi) is 3.59. The fraction of sp³-hybridized carbons (Fsp3) is 0.688. The molecule has 1 aromatic rings. The second kappa shape index (κ2) is 5.28. The van der Waals surface area contributed by atoms with Crippen molar-refractivity contribution < 1.29 is 4.79 Å². The number of nitrogens with zero attached hydrogens (tertiary/aromatic N) is 3. The molecule has 1 saturated carbocycles. The third-order valence-electron chi connectivity index (χ3n) is 4.44. The van der Waals surface area contributed by atoms with Crippen LogP contribution in [0.3, 0.4) is 0 Å². The summed E-state index contributed by atoms with van der Waals surface area (Å²) in [4.78, 5) is 22.7. The number of aromatic nitrogens is 2. The van der Waals surface area contributed by atoms with E-state index in [9.17, 15) is 4.79 Å². The molecule has 1 N–H and O–H groups in total. The summed E-state index contributed by atoms with van der Waals surface area (Å²) in [5, 5.41) is 3.43. The fourth-order valence-corrected chi connectivity index (χ4v) is 2.79. The van der Waals surface area contributed by atoms with Crippen LogP contribution >= 0.6 is 0 Å². The number of hydrogen-bond donors (Lipinski definition) is 1. The molecule has 2 aliphatic rings. The van der Waals surface area contributed by atoms with E-state index in [1.807, 2.05) is 11.0 Å². The minimum Gasteiger partial charge on any atom is -0.367 e. The van der Waals surface area contributed by atoms with Crippen molar-refractivity contribution in [3.05, 3.63) is 18.1 Å². The molecule has 0 aromatic carbocycles. The quantitative estimate of drug-likeness (QED) is 0.926. The smallest absolute Gasteiger partial charge is 0.225 e. The summed E-state index contributed by atoms with van der Waals surface area (Å²) >= 11 is 0. The summed E-state index contributed by atoms with van der Waals surface area (Å²) in [5.41, 5.74) is 1.06. The zero-order chi connectivity index (χ0) is 15.0. The molecule has 0 unspecified atom stereocenters. The Bertz CT molecular complexity index is 527. The molecule has 2 heterocycles. The third-order valence-corrected chi connectivity index (χ3v) is 4.44. The standard InChI is InChI=1S/C16H24N4O/c1-16(2,3)13-9-14(18-10-17-13)19-12-7-11(8-12)15(21)20-5-4-6-20/h9-12H,4-8H2,1-3H3,(H,17,18,19)/t11-,12-. The van der Waals surface area contributed by atoms with Gasteiger partial charge in [0.15, 0.2) is 0 Å². The normalized spacial score (nSPS) is 25.0. The van der Waals surface area contributed by atoms with Gasteiger partial charge in [-0.25, -0.2) is 9.97 Å². The first-order valence-corrected chi connectivity index (χ1v) is 7.81. The van der Waals surface area contributed by atoms with Crippen LogP contribution in [0.4, 0.5) is 5.82 Å². The monoisotopic (exact) mass is 288 g/mol. The van der Waals surface area contributed by atoms with E-state index in [0.717, 1.165) is 43.9 Å². The van der Waals surface area contributed by atoms with Gasteiger partial charge >= 0.3 is 0 Å². The molecule has 2 fully saturated rings. The summed E-state index contributed by atoms with van der Waals surface area (Å²) in [6, 6.07) is 2.38. The van der Waals surface area contributed by atoms with Crippen LogP contribution in [0.25, 0.3) is 0 Å². The Labute approximate surface area is 126 Å². The number of anilines is 1. The van der Waals surface area contributed by atoms with Crippen molar-refractivity contribution in [2.24, 2.45) is 5.92 Å². The minimum absolute atomic E-state index is 0.0228. The number of amides is 1. The van der Waals surface area contributed by atoms with Crippen LogP contribution < -0.4 is 5.32 Å². The highest BCUT2D eigenvalue weighted by Crippen LogP contribution is 2.33. The Morgan fingerprint density at radius 2 is 2.00 bits per heavy atom. The lowest BCUT2D eigenvalue weighted by Gasteiger charge is -2.41. The van der Waals surface area contributed by atoms with Gasteiger partial charge in [0.1, 0.15) is 12.1 Å². The summed E-state index contributed by atoms with van der Waals surface area (Å²) in [7, 11) is 0. The molecule has 1 aliphatic carbocycles. The van der Waals surface area contributed by atoms with Crippen LogP contribution in [0.5, 0.6) is 0 Å². The predicted octanol–water partition coefficient (Wildman–Crippen LogP) is 2.20. The first kappa shape index (κ1) is 14.3. The van der Waals surface area contributed by atoms with Crippen LogP contribution in [-0.2, 0) is 10.2 Å². The molecule has 1 amide bonds. The van der Waals surface area contributed by atoms with Crippen molar-refractivity contribution in [1.82, 2.24) is 14.9 Å². The number of nitrogens with one attached hydrogen (secondary N) is 1. The second-order valence-corrected chi connectivity index (χ2v) is 7.23. The molecule has 114 valence electrons. The lowest BCUT2D eigenvalue weighted by Crippen LogP contribution is -2.50. The molecule has 21 heavy (non-hydrogen) atoms. The summed E-state index contributed by atoms with van der Waals surface area (Å²) in [5.74, 6) is 1.43. The zero-order valence-corrected chi connectivity index (χ0v) is 13.1. The predicted molar refractivity (Wildman–Crippen MR) is 82.1 cm³/mol. The van der Waals surface area contributed by atoms with E-state index in [-0.39, 0.29) is 11.3 Å². The number of carbonyl (C=O) groups is 1. The molecule has 0 bridgehead atoms. The van der Waals surface area contributed by atoms with Gasteiger partial charge in [-0.1, -0.05) is 20.8 Å². The lowest BCUT2D eigenvalue weighted by atomic mass is 9.79. The first-order valence-electron chi connectivity index (χ1n) is 7.81. The van der Waals surface area contributed by atoms with Crippen molar-refractivity contribution >= 4 is 11.7 Å². The Hall–Kier alpha value is -1.65. The van der Waals surface area contributed by atoms with E-state index >= 15 is 0 Å². The Morgan fingerprint density at radius 3 is 2.57 bits per heavy atom. The first-order chi connectivity index (χ1) is 9.93. The molecule has 0 spiro atoms. The maximum absolute atomic E-state index is 12.1. The highest BCUT2D eigenvalue weighted by molar-refractivity contribution is 5.80. The molecule has 0 atom stereocenters. The van der Waals surface area contributed by atoms with Crippen LogP contribution in [0.15, 0.2) is 12.4 Å². The molecule has 5 nitrogen and oxygen atoms in total. The van der Waals surface area contributed by atoms with E-state index in [0.29, 0.717) is 11.9 Å². The van der Waals surface area contributed by atoms with Crippen molar-refractivity contribution in [2.45, 2.75) is 51.5 Å². The van der Waals surface area contributed by atoms with Gasteiger partial charge in [0, 0.05) is 36.5 Å². The lowest BCUT2D eigenvalue weighted by molar-refractivity contribution is -0.142. The summed E-state index contributed by atoms with van der Waals surface area (Å²) in [6.07, 6.45) is 4.62. The molecule has 1 aliphatic heterocycles. The number of hydrogen-bond acceptors (Lipinski definition) is 4. The maximum atomic E-state index is 12.1. The Morgan fingerprint density at radius 1 is 1.29 bits per heavy atom. The van der Waals surface area contributed by atoms with E-state index in [4.69, 9.17) is 0 Å². The number of rotatable bonds is 3. The van der Waals surface area contributed by atoms with Crippen LogP contribution in [0.2, 0.25) is 0 Å². The van der Waals surface area contributed by atoms with Gasteiger partial charge in [-0.05, 0) is 19.3 Å². The summed E-state index contributed by atoms with van der Waals surface area (Å²) < 4.78 is 0. The summed E-state index contributed by atoms with van der Waals surface area (Å²) in [6.45, 7) is 8.33. The molecule has 5 heteroatoms. The van der Waals surface area contributed by atoms with Crippen molar-refractivity contribution in [2.75, 3.05) is 18.4 Å². The van der Waals surface area contributed by atoms with Gasteiger partial charge in [0.05, 0.1) is 5.69 Å². The fourth-order valence-electron chi connectivity index (χ4n) is 2.79. The van der Waals surface area contributed by atoms with Crippen LogP contribution in [0.1, 0.15) is 45.7 Å². The van der Waals surface area contributed by atoms with E-state index < -0.39 is 0 Å². The van der Waals surface area contributed by atoms with E-state index in [1.165, 1.54) is 0 Å². The van der Waals surface area contributed by atoms with Gasteiger partial charge in [0.25, 0.3) is 0 Å². The van der Waals surface area contributed by atoms with Gasteiger partial charge in [-0.15, -0.1) is 0 Å². The highest BCUT2D eigenvalue weighted by atomic mass is 16.2. The highest BCUT2D eigenvalue weighted by Gasteiger charge is 2.38. The minimum atomic E-state index is 0.0228. The zero-order valence-electron chi connectivity index (χ0n) is 13.1. The largest absolute Gasteiger partial charge is 0.367 e. The average molecular weight is 288 g/mol. The topological polar surface area (TPSA) is 58.1 Å². The van der Waals surface area contributed by atoms with Crippen LogP contribution in [-0.4, -0.2) is 39.9 Å². The number of likely N-dealkylation sites (tertiary alicyclic amines) is 1. The molecular formula is C16H24N4O. The average Bonchev–Trinajstić information content (AvgIpc) is 2.30. The van der Waals surface area contributed by atoms with Gasteiger partial charge in [0.2, 0.25) is 5.91 Å². The molecule has 1 aromatic heterocycles. The van der Waals surface area contributed by atoms with E-state index in [2.05, 4.69) is 36.1 Å². The SMILES string of the molecule is CC(C)(C)c1cc(N[C@H]2C[C@H](C(=O)N3CCC3)C2)ncn1. The van der Waals surface area contributed by atoms with E-state index in [1.54, 1.807) is 6.33 Å². The van der Waals surface area contributed by atoms with Crippen molar-refractivity contribution in [1.29, 1.82) is 0 Å². The third kappa shape index (κ3) is 3.01. The van der Waals surface area contributed by atoms with Gasteiger partial charge < -0.3 is 10.2 Å². The van der Waals surface area contributed by atoms with Crippen molar-refractivity contribution in [3.63, 3.8) is 0 Å². The number of carbonyl (C=O) groups excluding carboxylic acids is 1. The van der Waals surface area contributed by atoms with Crippen LogP contribution in [0, 0.1) is 5.92 Å². The molecule has 3 rings (SSSR count). The Balaban J connectivity index is 1.53. The second-order valence-electron chi connectivity index (χ2n) is 7.23. The maximum Gasteiger partial charge on any atom is 0.225 e. The van der Waals surface area contributed by atoms with Gasteiger partial charge in [-0.3, -0.25) is 4.79 Å². The molecule has 1 saturated heterocycles. The van der Waals surface area contributed by atoms with Gasteiger partial charge in [-0.2, -0.15) is 0 Å².